The molecule has 0 bridgehead atoms. The molecule has 1 amide bonds. The smallest absolute Gasteiger partial charge is 0.352 e. The highest BCUT2D eigenvalue weighted by Crippen LogP contribution is 2.30. The molecule has 0 aromatic heterocycles. The number of carboxylic acids is 1. The van der Waals surface area contributed by atoms with Crippen molar-refractivity contribution in [1.29, 1.82) is 0 Å². The summed E-state index contributed by atoms with van der Waals surface area (Å²) in [5.74, 6) is -0.803. The SMILES string of the molecule is CN(c1ccc(C=C(NC(=O)CCC2CCCC2)C(=O)O)cc1)c1ccccc1Cl. The average molecular weight is 427 g/mol. The van der Waals surface area contributed by atoms with Crippen molar-refractivity contribution in [2.75, 3.05) is 11.9 Å². The van der Waals surface area contributed by atoms with Gasteiger partial charge in [0.1, 0.15) is 5.70 Å². The van der Waals surface area contributed by atoms with E-state index in [9.17, 15) is 14.7 Å². The number of carboxylic acid groups (broad SMARTS) is 1. The van der Waals surface area contributed by atoms with Gasteiger partial charge in [-0.1, -0.05) is 61.5 Å². The number of nitrogens with one attached hydrogen (secondary N) is 1. The van der Waals surface area contributed by atoms with E-state index in [1.165, 1.54) is 31.8 Å². The molecule has 2 N–H and O–H groups in total. The van der Waals surface area contributed by atoms with Crippen LogP contribution in [-0.2, 0) is 9.59 Å². The summed E-state index contributed by atoms with van der Waals surface area (Å²) in [5, 5.41) is 12.7. The van der Waals surface area contributed by atoms with Crippen molar-refractivity contribution in [3.05, 3.63) is 64.8 Å². The van der Waals surface area contributed by atoms with Gasteiger partial charge < -0.3 is 15.3 Å². The lowest BCUT2D eigenvalue weighted by molar-refractivity contribution is -0.134. The third-order valence-corrected chi connectivity index (χ3v) is 5.88. The average Bonchev–Trinajstić information content (AvgIpc) is 3.26. The quantitative estimate of drug-likeness (QED) is 0.537. The molecular formula is C24H27ClN2O3. The Balaban J connectivity index is 1.66. The molecule has 0 aliphatic heterocycles. The predicted molar refractivity (Wildman–Crippen MR) is 121 cm³/mol. The highest BCUT2D eigenvalue weighted by molar-refractivity contribution is 6.33. The molecule has 0 heterocycles. The Kier molecular flexibility index (Phi) is 7.52. The first-order valence-corrected chi connectivity index (χ1v) is 10.6. The van der Waals surface area contributed by atoms with Crippen molar-refractivity contribution in [1.82, 2.24) is 5.32 Å². The molecular weight excluding hydrogens is 400 g/mol. The van der Waals surface area contributed by atoms with Crippen LogP contribution in [0.1, 0.15) is 44.1 Å². The number of benzene rings is 2. The van der Waals surface area contributed by atoms with Gasteiger partial charge in [-0.25, -0.2) is 4.79 Å². The van der Waals surface area contributed by atoms with Gasteiger partial charge in [-0.3, -0.25) is 4.79 Å². The van der Waals surface area contributed by atoms with Crippen molar-refractivity contribution < 1.29 is 14.7 Å². The fraction of sp³-hybridized carbons (Fsp3) is 0.333. The van der Waals surface area contributed by atoms with E-state index in [4.69, 9.17) is 11.6 Å². The Morgan fingerprint density at radius 1 is 1.13 bits per heavy atom. The van der Waals surface area contributed by atoms with Crippen molar-refractivity contribution in [3.63, 3.8) is 0 Å². The van der Waals surface area contributed by atoms with Crippen LogP contribution in [0.4, 0.5) is 11.4 Å². The van der Waals surface area contributed by atoms with E-state index in [-0.39, 0.29) is 11.6 Å². The van der Waals surface area contributed by atoms with Gasteiger partial charge >= 0.3 is 5.97 Å². The fourth-order valence-electron chi connectivity index (χ4n) is 3.82. The molecule has 0 unspecified atom stereocenters. The van der Waals surface area contributed by atoms with Gasteiger partial charge in [-0.2, -0.15) is 0 Å². The number of hydrogen-bond acceptors (Lipinski definition) is 3. The third-order valence-electron chi connectivity index (χ3n) is 5.56. The first-order valence-electron chi connectivity index (χ1n) is 10.3. The molecule has 158 valence electrons. The summed E-state index contributed by atoms with van der Waals surface area (Å²) >= 11 is 6.26. The fourth-order valence-corrected chi connectivity index (χ4v) is 4.08. The number of anilines is 2. The molecule has 2 aromatic rings. The first kappa shape index (κ1) is 21.9. The lowest BCUT2D eigenvalue weighted by atomic mass is 10.0. The minimum Gasteiger partial charge on any atom is -0.477 e. The monoisotopic (exact) mass is 426 g/mol. The van der Waals surface area contributed by atoms with Crippen LogP contribution >= 0.6 is 11.6 Å². The van der Waals surface area contributed by atoms with E-state index in [1.807, 2.05) is 60.5 Å². The van der Waals surface area contributed by atoms with Gasteiger partial charge in [-0.05, 0) is 48.2 Å². The maximum atomic E-state index is 12.2. The van der Waals surface area contributed by atoms with Gasteiger partial charge in [0.15, 0.2) is 0 Å². The number of carbonyl (C=O) groups is 2. The van der Waals surface area contributed by atoms with Crippen molar-refractivity contribution in [2.45, 2.75) is 38.5 Å². The van der Waals surface area contributed by atoms with E-state index in [1.54, 1.807) is 0 Å². The van der Waals surface area contributed by atoms with Gasteiger partial charge in [-0.15, -0.1) is 0 Å². The van der Waals surface area contributed by atoms with E-state index in [0.717, 1.165) is 17.8 Å². The van der Waals surface area contributed by atoms with Crippen LogP contribution in [0.3, 0.4) is 0 Å². The molecule has 1 saturated carbocycles. The number of amides is 1. The molecule has 0 atom stereocenters. The first-order chi connectivity index (χ1) is 14.4. The molecule has 0 radical (unpaired) electrons. The van der Waals surface area contributed by atoms with Crippen LogP contribution < -0.4 is 10.2 Å². The molecule has 3 rings (SSSR count). The summed E-state index contributed by atoms with van der Waals surface area (Å²) in [4.78, 5) is 25.8. The summed E-state index contributed by atoms with van der Waals surface area (Å²) in [6, 6.07) is 15.0. The van der Waals surface area contributed by atoms with Crippen LogP contribution in [0.25, 0.3) is 6.08 Å². The second kappa shape index (κ2) is 10.3. The number of nitrogens with zero attached hydrogens (tertiary/aromatic N) is 1. The molecule has 1 aliphatic rings. The lowest BCUT2D eigenvalue weighted by Crippen LogP contribution is -2.27. The second-order valence-electron chi connectivity index (χ2n) is 7.70. The summed E-state index contributed by atoms with van der Waals surface area (Å²) in [5.41, 5.74) is 2.37. The molecule has 6 heteroatoms. The third kappa shape index (κ3) is 5.86. The number of aliphatic carboxylic acids is 1. The zero-order valence-electron chi connectivity index (χ0n) is 17.1. The number of carbonyl (C=O) groups excluding carboxylic acids is 1. The highest BCUT2D eigenvalue weighted by atomic mass is 35.5. The maximum absolute atomic E-state index is 12.2. The Morgan fingerprint density at radius 3 is 2.43 bits per heavy atom. The number of para-hydroxylation sites is 1. The van der Waals surface area contributed by atoms with Crippen LogP contribution in [0.5, 0.6) is 0 Å². The van der Waals surface area contributed by atoms with Gasteiger partial charge in [0.25, 0.3) is 0 Å². The number of halogens is 1. The Labute approximate surface area is 182 Å². The molecule has 0 spiro atoms. The van der Waals surface area contributed by atoms with Crippen molar-refractivity contribution in [2.24, 2.45) is 5.92 Å². The zero-order chi connectivity index (χ0) is 21.5. The number of rotatable bonds is 8. The van der Waals surface area contributed by atoms with Crippen molar-refractivity contribution >= 4 is 40.9 Å². The Bertz CT molecular complexity index is 918. The van der Waals surface area contributed by atoms with E-state index in [0.29, 0.717) is 22.9 Å². The molecule has 5 nitrogen and oxygen atoms in total. The lowest BCUT2D eigenvalue weighted by Gasteiger charge is -2.20. The molecule has 1 fully saturated rings. The molecule has 2 aromatic carbocycles. The van der Waals surface area contributed by atoms with Crippen LogP contribution in [0.2, 0.25) is 5.02 Å². The van der Waals surface area contributed by atoms with E-state index >= 15 is 0 Å². The molecule has 30 heavy (non-hydrogen) atoms. The minimum atomic E-state index is -1.15. The summed E-state index contributed by atoms with van der Waals surface area (Å²) in [7, 11) is 1.92. The molecule has 1 aliphatic carbocycles. The van der Waals surface area contributed by atoms with E-state index in [2.05, 4.69) is 5.32 Å². The van der Waals surface area contributed by atoms with Crippen LogP contribution in [-0.4, -0.2) is 24.0 Å². The number of hydrogen-bond donors (Lipinski definition) is 2. The van der Waals surface area contributed by atoms with Crippen LogP contribution in [0.15, 0.2) is 54.2 Å². The zero-order valence-corrected chi connectivity index (χ0v) is 17.9. The largest absolute Gasteiger partial charge is 0.477 e. The maximum Gasteiger partial charge on any atom is 0.352 e. The summed E-state index contributed by atoms with van der Waals surface area (Å²) < 4.78 is 0. The van der Waals surface area contributed by atoms with Gasteiger partial charge in [0.2, 0.25) is 5.91 Å². The minimum absolute atomic E-state index is 0.112. The predicted octanol–water partition coefficient (Wildman–Crippen LogP) is 5.62. The van der Waals surface area contributed by atoms with E-state index < -0.39 is 5.97 Å². The summed E-state index contributed by atoms with van der Waals surface area (Å²) in [6.45, 7) is 0. The van der Waals surface area contributed by atoms with Crippen molar-refractivity contribution in [3.8, 4) is 0 Å². The van der Waals surface area contributed by atoms with Gasteiger partial charge in [0.05, 0.1) is 10.7 Å². The topological polar surface area (TPSA) is 69.6 Å². The van der Waals surface area contributed by atoms with Crippen LogP contribution in [0, 0.1) is 5.92 Å². The van der Waals surface area contributed by atoms with Gasteiger partial charge in [0, 0.05) is 19.2 Å². The summed E-state index contributed by atoms with van der Waals surface area (Å²) in [6.07, 6.45) is 7.46. The second-order valence-corrected chi connectivity index (χ2v) is 8.11. The standard InChI is InChI=1S/C24H27ClN2O3/c1-27(22-9-5-4-8-20(22)25)19-13-10-18(11-14-19)16-21(24(29)30)26-23(28)15-12-17-6-2-3-7-17/h4-5,8-11,13-14,16-17H,2-3,6-7,12,15H2,1H3,(H,26,28)(H,29,30). The Morgan fingerprint density at radius 2 is 1.80 bits per heavy atom. The molecule has 0 saturated heterocycles. The normalized spacial score (nSPS) is 14.5. The highest BCUT2D eigenvalue weighted by Gasteiger charge is 2.18. The Hall–Kier alpha value is -2.79.